The van der Waals surface area contributed by atoms with Crippen LogP contribution in [0.25, 0.3) is 0 Å². The summed E-state index contributed by atoms with van der Waals surface area (Å²) in [6.45, 7) is 4.59. The molecule has 2 aromatic rings. The van der Waals surface area contributed by atoms with Crippen molar-refractivity contribution < 1.29 is 19.0 Å². The molecular weight excluding hydrogens is 306 g/mol. The van der Waals surface area contributed by atoms with E-state index in [-0.39, 0.29) is 12.7 Å². The van der Waals surface area contributed by atoms with Gasteiger partial charge in [0.05, 0.1) is 0 Å². The molecule has 5 nitrogen and oxygen atoms in total. The van der Waals surface area contributed by atoms with Crippen LogP contribution in [-0.2, 0) is 11.3 Å². The lowest BCUT2D eigenvalue weighted by atomic mass is 10.2. The lowest BCUT2D eigenvalue weighted by Crippen LogP contribution is -2.37. The Hall–Kier alpha value is -2.69. The molecule has 3 rings (SSSR count). The molecule has 0 saturated heterocycles. The molecule has 126 valence electrons. The molecule has 1 aliphatic heterocycles. The van der Waals surface area contributed by atoms with Gasteiger partial charge in [0.25, 0.3) is 5.91 Å². The molecule has 1 amide bonds. The second kappa shape index (κ2) is 7.25. The molecule has 0 unspecified atom stereocenters. The van der Waals surface area contributed by atoms with E-state index in [0.29, 0.717) is 24.5 Å². The Morgan fingerprint density at radius 2 is 2.04 bits per heavy atom. The standard InChI is InChI=1S/C19H21NO4/c1-3-16(24-15-6-4-5-13(2)9-15)19(21)20-11-14-7-8-17-18(10-14)23-12-22-17/h4-10,16H,3,11-12H2,1-2H3,(H,20,21)/t16-/m1/s1. The lowest BCUT2D eigenvalue weighted by molar-refractivity contribution is -0.128. The van der Waals surface area contributed by atoms with Gasteiger partial charge >= 0.3 is 0 Å². The Bertz CT molecular complexity index is 729. The second-order valence-electron chi connectivity index (χ2n) is 5.74. The quantitative estimate of drug-likeness (QED) is 0.885. The molecule has 0 fully saturated rings. The zero-order valence-electron chi connectivity index (χ0n) is 13.9. The first-order chi connectivity index (χ1) is 11.7. The molecule has 2 aromatic carbocycles. The molecule has 0 aromatic heterocycles. The fraction of sp³-hybridized carbons (Fsp3) is 0.316. The number of ether oxygens (including phenoxy) is 3. The van der Waals surface area contributed by atoms with Crippen LogP contribution in [0.2, 0.25) is 0 Å². The largest absolute Gasteiger partial charge is 0.481 e. The van der Waals surface area contributed by atoms with Gasteiger partial charge in [0.15, 0.2) is 17.6 Å². The predicted molar refractivity (Wildman–Crippen MR) is 90.3 cm³/mol. The molecule has 0 radical (unpaired) electrons. The summed E-state index contributed by atoms with van der Waals surface area (Å²) >= 11 is 0. The summed E-state index contributed by atoms with van der Waals surface area (Å²) in [5, 5.41) is 2.92. The molecular formula is C19H21NO4. The van der Waals surface area contributed by atoms with Gasteiger partial charge in [-0.2, -0.15) is 0 Å². The van der Waals surface area contributed by atoms with Gasteiger partial charge in [0.2, 0.25) is 6.79 Å². The van der Waals surface area contributed by atoms with Crippen LogP contribution in [0.5, 0.6) is 17.2 Å². The highest BCUT2D eigenvalue weighted by Gasteiger charge is 2.19. The Kier molecular flexibility index (Phi) is 4.89. The number of rotatable bonds is 6. The van der Waals surface area contributed by atoms with Crippen LogP contribution in [0, 0.1) is 6.92 Å². The van der Waals surface area contributed by atoms with Gasteiger partial charge in [-0.15, -0.1) is 0 Å². The highest BCUT2D eigenvalue weighted by Crippen LogP contribution is 2.32. The Labute approximate surface area is 141 Å². The van der Waals surface area contributed by atoms with Gasteiger partial charge in [-0.05, 0) is 48.7 Å². The van der Waals surface area contributed by atoms with E-state index in [1.165, 1.54) is 0 Å². The highest BCUT2D eigenvalue weighted by atomic mass is 16.7. The first-order valence-corrected chi connectivity index (χ1v) is 8.05. The van der Waals surface area contributed by atoms with Crippen molar-refractivity contribution in [3.8, 4) is 17.2 Å². The summed E-state index contributed by atoms with van der Waals surface area (Å²) in [5.74, 6) is 2.03. The van der Waals surface area contributed by atoms with Crippen LogP contribution >= 0.6 is 0 Å². The first-order valence-electron chi connectivity index (χ1n) is 8.05. The lowest BCUT2D eigenvalue weighted by Gasteiger charge is -2.17. The molecule has 24 heavy (non-hydrogen) atoms. The van der Waals surface area contributed by atoms with Crippen molar-refractivity contribution >= 4 is 5.91 Å². The van der Waals surface area contributed by atoms with Gasteiger partial charge < -0.3 is 19.5 Å². The summed E-state index contributed by atoms with van der Waals surface area (Å²) in [6, 6.07) is 13.3. The van der Waals surface area contributed by atoms with Gasteiger partial charge in [0.1, 0.15) is 5.75 Å². The van der Waals surface area contributed by atoms with Crippen molar-refractivity contribution in [3.05, 3.63) is 53.6 Å². The topological polar surface area (TPSA) is 56.8 Å². The maximum atomic E-state index is 12.4. The number of aryl methyl sites for hydroxylation is 1. The van der Waals surface area contributed by atoms with Crippen molar-refractivity contribution in [2.24, 2.45) is 0 Å². The van der Waals surface area contributed by atoms with E-state index in [9.17, 15) is 4.79 Å². The zero-order valence-corrected chi connectivity index (χ0v) is 13.9. The molecule has 1 heterocycles. The fourth-order valence-corrected chi connectivity index (χ4v) is 2.53. The smallest absolute Gasteiger partial charge is 0.261 e. The van der Waals surface area contributed by atoms with E-state index in [4.69, 9.17) is 14.2 Å². The van der Waals surface area contributed by atoms with E-state index in [1.54, 1.807) is 0 Å². The minimum absolute atomic E-state index is 0.128. The van der Waals surface area contributed by atoms with Gasteiger partial charge in [-0.1, -0.05) is 25.1 Å². The maximum Gasteiger partial charge on any atom is 0.261 e. The van der Waals surface area contributed by atoms with Crippen molar-refractivity contribution in [1.29, 1.82) is 0 Å². The Morgan fingerprint density at radius 1 is 1.21 bits per heavy atom. The highest BCUT2D eigenvalue weighted by molar-refractivity contribution is 5.81. The van der Waals surface area contributed by atoms with Gasteiger partial charge in [0, 0.05) is 6.54 Å². The number of fused-ring (bicyclic) bond motifs is 1. The van der Waals surface area contributed by atoms with Crippen molar-refractivity contribution in [2.75, 3.05) is 6.79 Å². The number of carbonyl (C=O) groups excluding carboxylic acids is 1. The van der Waals surface area contributed by atoms with Gasteiger partial charge in [-0.3, -0.25) is 4.79 Å². The maximum absolute atomic E-state index is 12.4. The third-order valence-electron chi connectivity index (χ3n) is 3.83. The number of carbonyl (C=O) groups is 1. The third kappa shape index (κ3) is 3.79. The second-order valence-corrected chi connectivity index (χ2v) is 5.74. The molecule has 0 saturated carbocycles. The molecule has 5 heteroatoms. The summed E-state index contributed by atoms with van der Waals surface area (Å²) < 4.78 is 16.4. The van der Waals surface area contributed by atoms with Crippen LogP contribution < -0.4 is 19.5 Å². The summed E-state index contributed by atoms with van der Waals surface area (Å²) in [4.78, 5) is 12.4. The fourth-order valence-electron chi connectivity index (χ4n) is 2.53. The zero-order chi connectivity index (χ0) is 16.9. The van der Waals surface area contributed by atoms with Crippen molar-refractivity contribution in [1.82, 2.24) is 5.32 Å². The Balaban J connectivity index is 1.58. The first kappa shape index (κ1) is 16.2. The normalized spacial score (nSPS) is 13.4. The van der Waals surface area contributed by atoms with Crippen molar-refractivity contribution in [2.45, 2.75) is 32.9 Å². The van der Waals surface area contributed by atoms with E-state index >= 15 is 0 Å². The monoisotopic (exact) mass is 327 g/mol. The third-order valence-corrected chi connectivity index (χ3v) is 3.83. The van der Waals surface area contributed by atoms with E-state index in [1.807, 2.05) is 56.3 Å². The van der Waals surface area contributed by atoms with Crippen LogP contribution in [0.3, 0.4) is 0 Å². The summed E-state index contributed by atoms with van der Waals surface area (Å²) in [5.41, 5.74) is 2.06. The molecule has 1 atom stereocenters. The molecule has 0 aliphatic carbocycles. The van der Waals surface area contributed by atoms with Gasteiger partial charge in [-0.25, -0.2) is 0 Å². The Morgan fingerprint density at radius 3 is 2.83 bits per heavy atom. The molecule has 0 spiro atoms. The predicted octanol–water partition coefficient (Wildman–Crippen LogP) is 3.20. The van der Waals surface area contributed by atoms with Crippen LogP contribution in [0.15, 0.2) is 42.5 Å². The van der Waals surface area contributed by atoms with Crippen LogP contribution in [0.4, 0.5) is 0 Å². The number of amides is 1. The minimum Gasteiger partial charge on any atom is -0.481 e. The molecule has 1 N–H and O–H groups in total. The summed E-state index contributed by atoms with van der Waals surface area (Å²) in [7, 11) is 0. The SMILES string of the molecule is CC[C@@H](Oc1cccc(C)c1)C(=O)NCc1ccc2c(c1)OCO2. The van der Waals surface area contributed by atoms with Crippen molar-refractivity contribution in [3.63, 3.8) is 0 Å². The molecule has 1 aliphatic rings. The molecule has 0 bridgehead atoms. The number of benzene rings is 2. The average Bonchev–Trinajstić information content (AvgIpc) is 3.05. The number of hydrogen-bond donors (Lipinski definition) is 1. The minimum atomic E-state index is -0.513. The van der Waals surface area contributed by atoms with E-state index in [2.05, 4.69) is 5.32 Å². The number of nitrogens with one attached hydrogen (secondary N) is 1. The average molecular weight is 327 g/mol. The summed E-state index contributed by atoms with van der Waals surface area (Å²) in [6.07, 6.45) is 0.0850. The van der Waals surface area contributed by atoms with Crippen LogP contribution in [-0.4, -0.2) is 18.8 Å². The van der Waals surface area contributed by atoms with Crippen LogP contribution in [0.1, 0.15) is 24.5 Å². The van der Waals surface area contributed by atoms with E-state index in [0.717, 1.165) is 16.9 Å². The number of hydrogen-bond acceptors (Lipinski definition) is 4. The van der Waals surface area contributed by atoms with E-state index < -0.39 is 6.10 Å².